The molecule has 0 bridgehead atoms. The zero-order valence-electron chi connectivity index (χ0n) is 18.6. The van der Waals surface area contributed by atoms with Crippen molar-refractivity contribution in [1.29, 1.82) is 0 Å². The van der Waals surface area contributed by atoms with Crippen molar-refractivity contribution in [1.82, 2.24) is 9.80 Å². The molecule has 0 aromatic heterocycles. The summed E-state index contributed by atoms with van der Waals surface area (Å²) in [5, 5.41) is 4.53. The Kier molecular flexibility index (Phi) is 8.52. The van der Waals surface area contributed by atoms with E-state index < -0.39 is 0 Å². The van der Waals surface area contributed by atoms with Crippen LogP contribution in [0.1, 0.15) is 17.2 Å². The van der Waals surface area contributed by atoms with Crippen LogP contribution in [0.4, 0.5) is 10.1 Å². The van der Waals surface area contributed by atoms with Crippen LogP contribution in [0.2, 0.25) is 15.1 Å². The molecule has 1 unspecified atom stereocenters. The van der Waals surface area contributed by atoms with Gasteiger partial charge in [0.1, 0.15) is 11.9 Å². The summed E-state index contributed by atoms with van der Waals surface area (Å²) >= 11 is 18.4. The van der Waals surface area contributed by atoms with Gasteiger partial charge in [-0.15, -0.1) is 0 Å². The van der Waals surface area contributed by atoms with Crippen LogP contribution >= 0.6 is 34.8 Å². The van der Waals surface area contributed by atoms with E-state index in [-0.39, 0.29) is 24.4 Å². The van der Waals surface area contributed by atoms with Crippen LogP contribution in [0.5, 0.6) is 0 Å². The number of nitrogens with zero attached hydrogens (tertiary/aromatic N) is 2. The molecule has 1 aliphatic heterocycles. The van der Waals surface area contributed by atoms with Gasteiger partial charge in [0.2, 0.25) is 5.91 Å². The summed E-state index contributed by atoms with van der Waals surface area (Å²) in [6, 6.07) is 18.5. The molecule has 4 rings (SSSR count). The number of carbonyl (C=O) groups is 1. The van der Waals surface area contributed by atoms with Gasteiger partial charge in [-0.2, -0.15) is 0 Å². The molecule has 0 radical (unpaired) electrons. The quantitative estimate of drug-likeness (QED) is 0.331. The van der Waals surface area contributed by atoms with Gasteiger partial charge >= 0.3 is 0 Å². The van der Waals surface area contributed by atoms with Gasteiger partial charge in [0.15, 0.2) is 0 Å². The summed E-state index contributed by atoms with van der Waals surface area (Å²) in [6.45, 7) is 1.55. The molecule has 5 nitrogen and oxygen atoms in total. The third-order valence-electron chi connectivity index (χ3n) is 5.42. The predicted molar refractivity (Wildman–Crippen MR) is 138 cm³/mol. The molecule has 0 fully saturated rings. The van der Waals surface area contributed by atoms with Crippen LogP contribution in [0, 0.1) is 5.82 Å². The van der Waals surface area contributed by atoms with Crippen molar-refractivity contribution in [2.45, 2.75) is 12.7 Å². The van der Waals surface area contributed by atoms with Gasteiger partial charge in [-0.1, -0.05) is 53.0 Å². The molecule has 1 heterocycles. The number of rotatable bonds is 9. The normalized spacial score (nSPS) is 13.8. The molecular weight excluding hydrogens is 512 g/mol. The van der Waals surface area contributed by atoms with Crippen molar-refractivity contribution in [2.24, 2.45) is 0 Å². The molecule has 182 valence electrons. The summed E-state index contributed by atoms with van der Waals surface area (Å²) in [5.74, 6) is -0.539. The molecule has 1 N–H and O–H groups in total. The van der Waals surface area contributed by atoms with E-state index in [1.807, 2.05) is 47.6 Å². The highest BCUT2D eigenvalue weighted by Gasteiger charge is 2.21. The SMILES string of the molecule is O=C(CN1C=CN(CC(OCc2ccc(Cl)cc2Cl)c2ccc(Cl)cc2)C1)Nc1ccc(F)cc1. The number of ether oxygens (including phenoxy) is 1. The number of benzene rings is 3. The average molecular weight is 535 g/mol. The Bertz CT molecular complexity index is 1190. The van der Waals surface area contributed by atoms with Crippen LogP contribution in [-0.4, -0.2) is 35.5 Å². The Labute approximate surface area is 218 Å². The highest BCUT2D eigenvalue weighted by molar-refractivity contribution is 6.35. The van der Waals surface area contributed by atoms with Gasteiger partial charge in [-0.3, -0.25) is 4.79 Å². The monoisotopic (exact) mass is 533 g/mol. The van der Waals surface area contributed by atoms with Crippen molar-refractivity contribution in [3.05, 3.63) is 111 Å². The molecule has 3 aromatic carbocycles. The fourth-order valence-corrected chi connectivity index (χ4v) is 4.22. The van der Waals surface area contributed by atoms with Crippen molar-refractivity contribution in [2.75, 3.05) is 25.1 Å². The Morgan fingerprint density at radius 3 is 2.34 bits per heavy atom. The third-order valence-corrected chi connectivity index (χ3v) is 6.26. The zero-order valence-corrected chi connectivity index (χ0v) is 20.9. The average Bonchev–Trinajstić information content (AvgIpc) is 3.26. The van der Waals surface area contributed by atoms with E-state index >= 15 is 0 Å². The number of hydrogen-bond donors (Lipinski definition) is 1. The second-order valence-electron chi connectivity index (χ2n) is 8.10. The van der Waals surface area contributed by atoms with E-state index in [0.29, 0.717) is 40.6 Å². The Balaban J connectivity index is 1.36. The molecule has 1 aliphatic rings. The van der Waals surface area contributed by atoms with Crippen LogP contribution in [0.3, 0.4) is 0 Å². The first-order valence-corrected chi connectivity index (χ1v) is 12.0. The van der Waals surface area contributed by atoms with E-state index in [9.17, 15) is 9.18 Å². The van der Waals surface area contributed by atoms with Gasteiger partial charge in [0.05, 0.1) is 19.8 Å². The molecule has 0 saturated heterocycles. The van der Waals surface area contributed by atoms with Crippen LogP contribution in [0.15, 0.2) is 79.1 Å². The summed E-state index contributed by atoms with van der Waals surface area (Å²) in [5.41, 5.74) is 2.36. The summed E-state index contributed by atoms with van der Waals surface area (Å²) in [6.07, 6.45) is 3.52. The molecule has 35 heavy (non-hydrogen) atoms. The van der Waals surface area contributed by atoms with Gasteiger partial charge in [0.25, 0.3) is 0 Å². The van der Waals surface area contributed by atoms with Crippen LogP contribution < -0.4 is 5.32 Å². The lowest BCUT2D eigenvalue weighted by molar-refractivity contribution is -0.116. The van der Waals surface area contributed by atoms with Gasteiger partial charge in [-0.25, -0.2) is 4.39 Å². The summed E-state index contributed by atoms with van der Waals surface area (Å²) in [4.78, 5) is 16.3. The standard InChI is InChI=1S/C26H23Cl3FN3O2/c27-20-4-1-18(2-5-20)25(35-16-19-3-6-21(28)13-24(19)29)14-32-11-12-33(17-32)15-26(34)31-23-9-7-22(30)8-10-23/h1-13,25H,14-17H2,(H,31,34). The molecule has 9 heteroatoms. The highest BCUT2D eigenvalue weighted by atomic mass is 35.5. The topological polar surface area (TPSA) is 44.8 Å². The van der Waals surface area contributed by atoms with E-state index in [4.69, 9.17) is 39.5 Å². The Morgan fingerprint density at radius 2 is 1.63 bits per heavy atom. The molecular formula is C26H23Cl3FN3O2. The smallest absolute Gasteiger partial charge is 0.243 e. The Morgan fingerprint density at radius 1 is 0.943 bits per heavy atom. The fourth-order valence-electron chi connectivity index (χ4n) is 3.63. The number of carbonyl (C=O) groups excluding carboxylic acids is 1. The van der Waals surface area contributed by atoms with Crippen molar-refractivity contribution < 1.29 is 13.9 Å². The maximum Gasteiger partial charge on any atom is 0.243 e. The number of hydrogen-bond acceptors (Lipinski definition) is 4. The number of halogens is 4. The second kappa shape index (κ2) is 11.8. The number of anilines is 1. The molecule has 0 spiro atoms. The van der Waals surface area contributed by atoms with Crippen LogP contribution in [0.25, 0.3) is 0 Å². The van der Waals surface area contributed by atoms with Gasteiger partial charge in [-0.05, 0) is 59.7 Å². The maximum atomic E-state index is 13.1. The lowest BCUT2D eigenvalue weighted by Gasteiger charge is -2.26. The lowest BCUT2D eigenvalue weighted by atomic mass is 10.1. The minimum atomic E-state index is -0.350. The zero-order chi connectivity index (χ0) is 24.8. The van der Waals surface area contributed by atoms with Crippen molar-refractivity contribution >= 4 is 46.4 Å². The number of nitrogens with one attached hydrogen (secondary N) is 1. The Hall–Kier alpha value is -2.77. The molecule has 0 saturated carbocycles. The van der Waals surface area contributed by atoms with E-state index in [0.717, 1.165) is 11.1 Å². The van der Waals surface area contributed by atoms with Crippen LogP contribution in [-0.2, 0) is 16.1 Å². The lowest BCUT2D eigenvalue weighted by Crippen LogP contribution is -2.34. The fraction of sp³-hybridized carbons (Fsp3) is 0.192. The molecule has 0 aliphatic carbocycles. The maximum absolute atomic E-state index is 13.1. The predicted octanol–water partition coefficient (Wildman–Crippen LogP) is 6.73. The largest absolute Gasteiger partial charge is 0.367 e. The van der Waals surface area contributed by atoms with E-state index in [1.54, 1.807) is 12.1 Å². The summed E-state index contributed by atoms with van der Waals surface area (Å²) in [7, 11) is 0. The molecule has 3 aromatic rings. The summed E-state index contributed by atoms with van der Waals surface area (Å²) < 4.78 is 19.3. The highest BCUT2D eigenvalue weighted by Crippen LogP contribution is 2.27. The molecule has 1 atom stereocenters. The van der Waals surface area contributed by atoms with E-state index in [2.05, 4.69) is 10.2 Å². The van der Waals surface area contributed by atoms with Gasteiger partial charge in [0, 0.05) is 39.7 Å². The van der Waals surface area contributed by atoms with Gasteiger partial charge < -0.3 is 19.9 Å². The van der Waals surface area contributed by atoms with E-state index in [1.165, 1.54) is 24.3 Å². The second-order valence-corrected chi connectivity index (χ2v) is 9.38. The van der Waals surface area contributed by atoms with Crippen molar-refractivity contribution in [3.8, 4) is 0 Å². The number of amides is 1. The minimum absolute atomic E-state index is 0.164. The molecule has 1 amide bonds. The first-order valence-electron chi connectivity index (χ1n) is 10.9. The first kappa shape index (κ1) is 25.3. The first-order chi connectivity index (χ1) is 16.9. The third kappa shape index (κ3) is 7.36. The van der Waals surface area contributed by atoms with Crippen molar-refractivity contribution in [3.63, 3.8) is 0 Å². The minimum Gasteiger partial charge on any atom is -0.367 e.